The van der Waals surface area contributed by atoms with Crippen molar-refractivity contribution in [1.29, 1.82) is 0 Å². The van der Waals surface area contributed by atoms with Crippen LogP contribution in [-0.4, -0.2) is 53.3 Å². The van der Waals surface area contributed by atoms with Crippen LogP contribution in [0.25, 0.3) is 0 Å². The van der Waals surface area contributed by atoms with Crippen molar-refractivity contribution in [3.05, 3.63) is 57.3 Å². The van der Waals surface area contributed by atoms with Crippen LogP contribution in [0.4, 0.5) is 0 Å². The lowest BCUT2D eigenvalue weighted by atomic mass is 10.0. The Balaban J connectivity index is 1.54. The number of fused-ring (bicyclic) bond motifs is 1. The maximum absolute atomic E-state index is 13.0. The van der Waals surface area contributed by atoms with Crippen molar-refractivity contribution in [2.24, 2.45) is 0 Å². The van der Waals surface area contributed by atoms with Gasteiger partial charge in [-0.25, -0.2) is 0 Å². The monoisotopic (exact) mass is 398 g/mol. The van der Waals surface area contributed by atoms with Crippen molar-refractivity contribution in [2.75, 3.05) is 19.7 Å². The van der Waals surface area contributed by atoms with E-state index in [0.29, 0.717) is 36.4 Å². The smallest absolute Gasteiger partial charge is 0.261 e. The molecule has 2 aliphatic heterocycles. The van der Waals surface area contributed by atoms with Crippen LogP contribution in [0.1, 0.15) is 55.7 Å². The molecular weight excluding hydrogens is 376 g/mol. The Morgan fingerprint density at radius 3 is 2.75 bits per heavy atom. The van der Waals surface area contributed by atoms with Gasteiger partial charge in [-0.2, -0.15) is 0 Å². The summed E-state index contributed by atoms with van der Waals surface area (Å²) >= 11 is 1.60. The predicted octanol–water partition coefficient (Wildman–Crippen LogP) is 3.19. The zero-order valence-corrected chi connectivity index (χ0v) is 16.5. The van der Waals surface area contributed by atoms with Gasteiger partial charge in [-0.1, -0.05) is 6.07 Å². The van der Waals surface area contributed by atoms with Crippen LogP contribution in [0.15, 0.2) is 35.7 Å². The van der Waals surface area contributed by atoms with Gasteiger partial charge in [0.25, 0.3) is 17.7 Å². The third-order valence-electron chi connectivity index (χ3n) is 5.22. The van der Waals surface area contributed by atoms with E-state index in [1.54, 1.807) is 34.4 Å². The van der Waals surface area contributed by atoms with Gasteiger partial charge in [0, 0.05) is 23.6 Å². The number of hydrogen-bond acceptors (Lipinski definition) is 5. The lowest BCUT2D eigenvalue weighted by molar-refractivity contribution is 0.0475. The Bertz CT molecular complexity index is 903. The molecule has 146 valence electrons. The second-order valence-corrected chi connectivity index (χ2v) is 8.05. The van der Waals surface area contributed by atoms with Gasteiger partial charge in [0.05, 0.1) is 30.3 Å². The first kappa shape index (κ1) is 18.8. The van der Waals surface area contributed by atoms with Crippen molar-refractivity contribution < 1.29 is 19.1 Å². The minimum Gasteiger partial charge on any atom is -0.376 e. The van der Waals surface area contributed by atoms with Crippen LogP contribution in [0, 0.1) is 0 Å². The summed E-state index contributed by atoms with van der Waals surface area (Å²) in [7, 11) is 0. The summed E-state index contributed by atoms with van der Waals surface area (Å²) in [5.41, 5.74) is 1.10. The molecule has 7 heteroatoms. The SMILES string of the molecule is CCN(Cc1cccs1)C(=O)c1ccc2c(c1)C(=O)N(CC1CCCO1)C2=O. The fraction of sp³-hybridized carbons (Fsp3) is 0.381. The summed E-state index contributed by atoms with van der Waals surface area (Å²) in [6.45, 7) is 3.96. The fourth-order valence-corrected chi connectivity index (χ4v) is 4.40. The van der Waals surface area contributed by atoms with E-state index in [2.05, 4.69) is 0 Å². The van der Waals surface area contributed by atoms with Crippen LogP contribution in [0.5, 0.6) is 0 Å². The molecule has 6 nitrogen and oxygen atoms in total. The number of carbonyl (C=O) groups is 3. The zero-order valence-electron chi connectivity index (χ0n) is 15.7. The number of carbonyl (C=O) groups excluding carboxylic acids is 3. The Kier molecular flexibility index (Phi) is 5.28. The maximum Gasteiger partial charge on any atom is 0.261 e. The van der Waals surface area contributed by atoms with Gasteiger partial charge in [-0.3, -0.25) is 19.3 Å². The van der Waals surface area contributed by atoms with Gasteiger partial charge < -0.3 is 9.64 Å². The van der Waals surface area contributed by atoms with Gasteiger partial charge in [-0.15, -0.1) is 11.3 Å². The highest BCUT2D eigenvalue weighted by molar-refractivity contribution is 7.09. The van der Waals surface area contributed by atoms with E-state index in [1.165, 1.54) is 4.90 Å². The van der Waals surface area contributed by atoms with E-state index in [-0.39, 0.29) is 30.4 Å². The molecule has 0 aliphatic carbocycles. The molecule has 1 atom stereocenters. The van der Waals surface area contributed by atoms with Crippen molar-refractivity contribution >= 4 is 29.1 Å². The van der Waals surface area contributed by atoms with Gasteiger partial charge >= 0.3 is 0 Å². The average Bonchev–Trinajstić information content (AvgIpc) is 3.45. The van der Waals surface area contributed by atoms with Crippen LogP contribution >= 0.6 is 11.3 Å². The minimum atomic E-state index is -0.341. The average molecular weight is 398 g/mol. The molecule has 0 spiro atoms. The van der Waals surface area contributed by atoms with E-state index in [4.69, 9.17) is 4.74 Å². The Labute approximate surface area is 167 Å². The summed E-state index contributed by atoms with van der Waals surface area (Å²) in [6, 6.07) is 8.75. The summed E-state index contributed by atoms with van der Waals surface area (Å²) in [4.78, 5) is 42.5. The molecule has 0 radical (unpaired) electrons. The third kappa shape index (κ3) is 3.47. The zero-order chi connectivity index (χ0) is 19.7. The van der Waals surface area contributed by atoms with E-state index in [9.17, 15) is 14.4 Å². The number of benzene rings is 1. The van der Waals surface area contributed by atoms with E-state index >= 15 is 0 Å². The molecule has 3 heterocycles. The van der Waals surface area contributed by atoms with E-state index in [1.807, 2.05) is 24.4 Å². The Morgan fingerprint density at radius 1 is 1.25 bits per heavy atom. The first-order chi connectivity index (χ1) is 13.6. The lowest BCUT2D eigenvalue weighted by Crippen LogP contribution is -2.36. The van der Waals surface area contributed by atoms with Crippen LogP contribution < -0.4 is 0 Å². The number of amides is 3. The Morgan fingerprint density at radius 2 is 2.07 bits per heavy atom. The van der Waals surface area contributed by atoms with Crippen molar-refractivity contribution in [1.82, 2.24) is 9.80 Å². The molecule has 1 unspecified atom stereocenters. The first-order valence-electron chi connectivity index (χ1n) is 9.52. The second-order valence-electron chi connectivity index (χ2n) is 7.01. The first-order valence-corrected chi connectivity index (χ1v) is 10.4. The second kappa shape index (κ2) is 7.85. The molecule has 2 aliphatic rings. The molecule has 1 aromatic heterocycles. The number of thiophene rings is 1. The predicted molar refractivity (Wildman–Crippen MR) is 106 cm³/mol. The van der Waals surface area contributed by atoms with Crippen LogP contribution in [0.2, 0.25) is 0 Å². The molecule has 0 N–H and O–H groups in total. The molecule has 1 saturated heterocycles. The number of ether oxygens (including phenoxy) is 1. The molecule has 3 amide bonds. The largest absolute Gasteiger partial charge is 0.376 e. The summed E-state index contributed by atoms with van der Waals surface area (Å²) in [6.07, 6.45) is 1.71. The highest BCUT2D eigenvalue weighted by Gasteiger charge is 2.38. The summed E-state index contributed by atoms with van der Waals surface area (Å²) in [5.74, 6) is -0.789. The highest BCUT2D eigenvalue weighted by atomic mass is 32.1. The van der Waals surface area contributed by atoms with Crippen molar-refractivity contribution in [2.45, 2.75) is 32.4 Å². The number of rotatable bonds is 6. The van der Waals surface area contributed by atoms with Gasteiger partial charge in [-0.05, 0) is 49.4 Å². The van der Waals surface area contributed by atoms with Crippen LogP contribution in [-0.2, 0) is 11.3 Å². The van der Waals surface area contributed by atoms with Crippen molar-refractivity contribution in [3.63, 3.8) is 0 Å². The maximum atomic E-state index is 13.0. The van der Waals surface area contributed by atoms with E-state index in [0.717, 1.165) is 17.7 Å². The van der Waals surface area contributed by atoms with Gasteiger partial charge in [0.15, 0.2) is 0 Å². The summed E-state index contributed by atoms with van der Waals surface area (Å²) in [5, 5.41) is 1.98. The third-order valence-corrected chi connectivity index (χ3v) is 6.08. The molecule has 28 heavy (non-hydrogen) atoms. The van der Waals surface area contributed by atoms with E-state index < -0.39 is 0 Å². The van der Waals surface area contributed by atoms with Gasteiger partial charge in [0.2, 0.25) is 0 Å². The molecule has 4 rings (SSSR count). The number of imide groups is 1. The summed E-state index contributed by atoms with van der Waals surface area (Å²) < 4.78 is 5.56. The van der Waals surface area contributed by atoms with Crippen molar-refractivity contribution in [3.8, 4) is 0 Å². The minimum absolute atomic E-state index is 0.0929. The van der Waals surface area contributed by atoms with Crippen LogP contribution in [0.3, 0.4) is 0 Å². The Hall–Kier alpha value is -2.51. The number of hydrogen-bond donors (Lipinski definition) is 0. The fourth-order valence-electron chi connectivity index (χ4n) is 3.68. The topological polar surface area (TPSA) is 66.9 Å². The highest BCUT2D eigenvalue weighted by Crippen LogP contribution is 2.27. The molecular formula is C21H22N2O4S. The molecule has 2 aromatic rings. The standard InChI is InChI=1S/C21H22N2O4S/c1-2-22(13-16-6-4-10-28-16)19(24)14-7-8-17-18(11-14)21(26)23(20(17)25)12-15-5-3-9-27-15/h4,6-8,10-11,15H,2-3,5,9,12-13H2,1H3. The number of nitrogens with zero attached hydrogens (tertiary/aromatic N) is 2. The molecule has 1 fully saturated rings. The van der Waals surface area contributed by atoms with Gasteiger partial charge in [0.1, 0.15) is 0 Å². The quantitative estimate of drug-likeness (QED) is 0.701. The molecule has 0 saturated carbocycles. The molecule has 0 bridgehead atoms. The normalized spacial score (nSPS) is 18.6. The molecule has 1 aromatic carbocycles. The lowest BCUT2D eigenvalue weighted by Gasteiger charge is -2.20.